The van der Waals surface area contributed by atoms with E-state index in [9.17, 15) is 24.6 Å². The van der Waals surface area contributed by atoms with Crippen LogP contribution in [-0.2, 0) is 34.7 Å². The zero-order chi connectivity index (χ0) is 27.2. The van der Waals surface area contributed by atoms with Gasteiger partial charge in [0.1, 0.15) is 17.7 Å². The molecule has 37 heavy (non-hydrogen) atoms. The average molecular weight is 541 g/mol. The number of amides is 1. The molecule has 1 saturated heterocycles. The van der Waals surface area contributed by atoms with Gasteiger partial charge in [-0.1, -0.05) is 41.5 Å². The van der Waals surface area contributed by atoms with Crippen LogP contribution in [0.3, 0.4) is 0 Å². The van der Waals surface area contributed by atoms with Crippen LogP contribution in [-0.4, -0.2) is 64.6 Å². The van der Waals surface area contributed by atoms with Crippen molar-refractivity contribution in [2.24, 2.45) is 4.99 Å². The molecule has 1 N–H and O–H groups in total. The number of nitrogens with zero attached hydrogens (tertiary/aromatic N) is 2. The van der Waals surface area contributed by atoms with Gasteiger partial charge in [-0.15, -0.1) is 11.8 Å². The number of β-lactam (4-membered cyclic amide) rings is 1. The van der Waals surface area contributed by atoms with E-state index < -0.39 is 28.9 Å². The van der Waals surface area contributed by atoms with E-state index in [4.69, 9.17) is 9.47 Å². The van der Waals surface area contributed by atoms with Gasteiger partial charge in [0.2, 0.25) is 0 Å². The topological polar surface area (TPSA) is 129 Å². The first-order valence-corrected chi connectivity index (χ1v) is 12.6. The molecular formula is C26H33N2NaO7S. The number of esters is 1. The van der Waals surface area contributed by atoms with Crippen LogP contribution in [0.1, 0.15) is 65.2 Å². The number of carboxylic acid groups (broad SMARTS) is 1. The molecule has 1 aromatic carbocycles. The first-order valence-electron chi connectivity index (χ1n) is 11.5. The number of carbonyl (C=O) groups is 3. The Balaban J connectivity index is 0.00000481. The Bertz CT molecular complexity index is 1130. The summed E-state index contributed by atoms with van der Waals surface area (Å²) in [5.74, 6) is -2.31. The van der Waals surface area contributed by atoms with E-state index in [-0.39, 0.29) is 69.8 Å². The molecule has 2 aliphatic rings. The maximum Gasteiger partial charge on any atom is 1.00 e. The van der Waals surface area contributed by atoms with Crippen molar-refractivity contribution in [3.63, 3.8) is 0 Å². The summed E-state index contributed by atoms with van der Waals surface area (Å²) in [6.45, 7) is 13.0. The number of thioether (sulfide) groups is 1. The van der Waals surface area contributed by atoms with Crippen LogP contribution in [0, 0.1) is 0 Å². The fraction of sp³-hybridized carbons (Fsp3) is 0.538. The molecule has 11 heteroatoms. The molecule has 0 saturated carbocycles. The number of aliphatic carboxylic acids is 1. The summed E-state index contributed by atoms with van der Waals surface area (Å²) in [6.07, 6.45) is 1.53. The predicted molar refractivity (Wildman–Crippen MR) is 135 cm³/mol. The molecule has 0 spiro atoms. The molecule has 0 bridgehead atoms. The first-order chi connectivity index (χ1) is 16.5. The molecule has 0 aliphatic carbocycles. The average Bonchev–Trinajstić information content (AvgIpc) is 2.76. The van der Waals surface area contributed by atoms with Gasteiger partial charge in [-0.3, -0.25) is 14.5 Å². The summed E-state index contributed by atoms with van der Waals surface area (Å²) in [7, 11) is 1.35. The summed E-state index contributed by atoms with van der Waals surface area (Å²) in [5.41, 5.74) is -0.192. The molecular weight excluding hydrogens is 507 g/mol. The quantitative estimate of drug-likeness (QED) is 0.216. The number of aliphatic imine (C=N–C) groups is 1. The van der Waals surface area contributed by atoms with E-state index in [1.165, 1.54) is 32.0 Å². The first kappa shape index (κ1) is 31.4. The van der Waals surface area contributed by atoms with E-state index in [0.29, 0.717) is 5.56 Å². The SMILES string of the molecule is CO[C@@]1(/N=C/c2cc(C(C)(C)C)c(O)c(C(C)(C)C)c2)C(=O)N2C(C(=O)[O-])=C(COC(C)=O)CS[C@@H]21.[Na+]. The fourth-order valence-corrected chi connectivity index (χ4v) is 5.68. The molecule has 1 aromatic rings. The largest absolute Gasteiger partial charge is 1.00 e. The Morgan fingerprint density at radius 1 is 1.22 bits per heavy atom. The second kappa shape index (κ2) is 11.1. The molecule has 0 unspecified atom stereocenters. The number of ether oxygens (including phenoxy) is 2. The molecule has 0 radical (unpaired) electrons. The summed E-state index contributed by atoms with van der Waals surface area (Å²) < 4.78 is 10.5. The van der Waals surface area contributed by atoms with Crippen molar-refractivity contribution >= 4 is 35.8 Å². The number of carbonyl (C=O) groups excluding carboxylic acids is 3. The van der Waals surface area contributed by atoms with Crippen LogP contribution in [0.4, 0.5) is 0 Å². The minimum atomic E-state index is -1.62. The van der Waals surface area contributed by atoms with Gasteiger partial charge in [0.25, 0.3) is 11.6 Å². The number of benzene rings is 1. The number of aromatic hydroxyl groups is 1. The number of carboxylic acids is 1. The van der Waals surface area contributed by atoms with Crippen LogP contribution in [0.5, 0.6) is 5.75 Å². The van der Waals surface area contributed by atoms with Crippen molar-refractivity contribution in [2.45, 2.75) is 70.4 Å². The summed E-state index contributed by atoms with van der Waals surface area (Å²) >= 11 is 1.27. The molecule has 0 aromatic heterocycles. The Labute approximate surface area is 244 Å². The molecule has 2 aliphatic heterocycles. The smallest absolute Gasteiger partial charge is 0.543 e. The zero-order valence-corrected chi connectivity index (χ0v) is 25.7. The normalized spacial score (nSPS) is 21.9. The van der Waals surface area contributed by atoms with Crippen molar-refractivity contribution < 1.29 is 63.6 Å². The second-order valence-corrected chi connectivity index (χ2v) is 12.1. The van der Waals surface area contributed by atoms with Crippen molar-refractivity contribution in [2.75, 3.05) is 19.5 Å². The van der Waals surface area contributed by atoms with Gasteiger partial charge in [-0.05, 0) is 28.5 Å². The van der Waals surface area contributed by atoms with Crippen molar-refractivity contribution in [1.82, 2.24) is 4.90 Å². The molecule has 2 heterocycles. The Morgan fingerprint density at radius 3 is 2.19 bits per heavy atom. The molecule has 3 rings (SSSR count). The van der Waals surface area contributed by atoms with Gasteiger partial charge < -0.3 is 24.5 Å². The van der Waals surface area contributed by atoms with Crippen molar-refractivity contribution in [3.8, 4) is 5.75 Å². The summed E-state index contributed by atoms with van der Waals surface area (Å²) in [6, 6.07) is 3.66. The monoisotopic (exact) mass is 540 g/mol. The van der Waals surface area contributed by atoms with E-state index in [1.807, 2.05) is 53.7 Å². The number of phenols is 1. The predicted octanol–water partition coefficient (Wildman–Crippen LogP) is -0.765. The van der Waals surface area contributed by atoms with E-state index in [2.05, 4.69) is 4.99 Å². The third-order valence-corrected chi connectivity index (χ3v) is 7.55. The molecule has 1 amide bonds. The zero-order valence-electron chi connectivity index (χ0n) is 22.9. The van der Waals surface area contributed by atoms with Gasteiger partial charge in [-0.25, -0.2) is 4.99 Å². The Morgan fingerprint density at radius 2 is 1.76 bits per heavy atom. The fourth-order valence-electron chi connectivity index (χ4n) is 4.26. The maximum atomic E-state index is 13.3. The van der Waals surface area contributed by atoms with Crippen LogP contribution >= 0.6 is 11.8 Å². The number of rotatable bonds is 6. The third kappa shape index (κ3) is 5.93. The Hall–Kier alpha value is -1.85. The van der Waals surface area contributed by atoms with E-state index in [0.717, 1.165) is 16.0 Å². The van der Waals surface area contributed by atoms with Crippen LogP contribution in [0.2, 0.25) is 0 Å². The van der Waals surface area contributed by atoms with E-state index in [1.54, 1.807) is 0 Å². The molecule has 2 atom stereocenters. The minimum absolute atomic E-state index is 0. The van der Waals surface area contributed by atoms with Crippen LogP contribution < -0.4 is 34.7 Å². The van der Waals surface area contributed by atoms with Gasteiger partial charge in [-0.2, -0.15) is 0 Å². The summed E-state index contributed by atoms with van der Waals surface area (Å²) in [4.78, 5) is 42.0. The van der Waals surface area contributed by atoms with Crippen LogP contribution in [0.15, 0.2) is 28.4 Å². The molecule has 1 fully saturated rings. The Kier molecular flexibility index (Phi) is 9.41. The number of fused-ring (bicyclic) bond motifs is 1. The van der Waals surface area contributed by atoms with Crippen molar-refractivity contribution in [1.29, 1.82) is 0 Å². The molecule has 9 nitrogen and oxygen atoms in total. The number of methoxy groups -OCH3 is 1. The number of hydrogen-bond donors (Lipinski definition) is 1. The van der Waals surface area contributed by atoms with Gasteiger partial charge >= 0.3 is 35.5 Å². The maximum absolute atomic E-state index is 13.3. The molecule has 196 valence electrons. The third-order valence-electron chi connectivity index (χ3n) is 6.19. The second-order valence-electron chi connectivity index (χ2n) is 11.0. The van der Waals surface area contributed by atoms with Gasteiger partial charge in [0, 0.05) is 42.7 Å². The van der Waals surface area contributed by atoms with E-state index >= 15 is 0 Å². The van der Waals surface area contributed by atoms with Crippen LogP contribution in [0.25, 0.3) is 0 Å². The van der Waals surface area contributed by atoms with Gasteiger partial charge in [0.05, 0.1) is 11.7 Å². The number of phenolic OH excluding ortho intramolecular Hbond substituents is 1. The minimum Gasteiger partial charge on any atom is -0.543 e. The number of hydrogen-bond acceptors (Lipinski definition) is 9. The van der Waals surface area contributed by atoms with Crippen molar-refractivity contribution in [3.05, 3.63) is 40.1 Å². The van der Waals surface area contributed by atoms with Gasteiger partial charge in [0.15, 0.2) is 0 Å². The standard InChI is InChI=1S/C26H34N2O7S.Na/c1-14(29)35-12-16-13-36-23-26(34-8,22(33)28(23)19(16)21(31)32)27-11-15-9-17(24(2,3)4)20(30)18(10-15)25(5,6)7;/h9-11,23,30H,12-13H2,1-8H3,(H,31,32);/q;+1/p-1/b27-11+;/t23-,26+;/m1./s1. The summed E-state index contributed by atoms with van der Waals surface area (Å²) in [5, 5.41) is 22.1.